The van der Waals surface area contributed by atoms with Gasteiger partial charge in [0.15, 0.2) is 0 Å². The summed E-state index contributed by atoms with van der Waals surface area (Å²) in [4.78, 5) is 16.0. The number of carbonyl (C=O) groups excluding carboxylic acids is 1. The molecule has 184 valence electrons. The zero-order valence-electron chi connectivity index (χ0n) is 19.8. The van der Waals surface area contributed by atoms with Gasteiger partial charge in [-0.1, -0.05) is 36.2 Å². The fraction of sp³-hybridized carbons (Fsp3) is 0.519. The van der Waals surface area contributed by atoms with E-state index in [0.29, 0.717) is 42.7 Å². The van der Waals surface area contributed by atoms with Crippen LogP contribution in [-0.4, -0.2) is 50.3 Å². The molecule has 0 spiro atoms. The second-order valence-electron chi connectivity index (χ2n) is 9.52. The Labute approximate surface area is 212 Å². The van der Waals surface area contributed by atoms with E-state index in [-0.39, 0.29) is 5.91 Å². The van der Waals surface area contributed by atoms with E-state index >= 15 is 0 Å². The van der Waals surface area contributed by atoms with E-state index in [1.54, 1.807) is 12.1 Å². The molecule has 2 aliphatic heterocycles. The van der Waals surface area contributed by atoms with Crippen molar-refractivity contribution >= 4 is 34.8 Å². The number of piperidine rings is 1. The Morgan fingerprint density at radius 2 is 1.82 bits per heavy atom. The maximum Gasteiger partial charge on any atom is 0.235 e. The molecule has 0 radical (unpaired) electrons. The Morgan fingerprint density at radius 1 is 1.12 bits per heavy atom. The second kappa shape index (κ2) is 11.8. The summed E-state index contributed by atoms with van der Waals surface area (Å²) in [6.07, 6.45) is 4.74. The SMILES string of the molecule is CC1CCN(CCCOc2ccc(NC(=O)C3(c4ccc(Cl)cc4Cl)CCOCC3)cc2)CC1. The zero-order valence-corrected chi connectivity index (χ0v) is 21.3. The third-order valence-corrected chi connectivity index (χ3v) is 7.65. The van der Waals surface area contributed by atoms with Crippen LogP contribution in [0.15, 0.2) is 42.5 Å². The van der Waals surface area contributed by atoms with E-state index in [0.717, 1.165) is 35.9 Å². The normalized spacial score (nSPS) is 19.0. The molecule has 2 aliphatic rings. The van der Waals surface area contributed by atoms with Crippen LogP contribution in [0.5, 0.6) is 5.75 Å². The first-order valence-corrected chi connectivity index (χ1v) is 13.0. The summed E-state index contributed by atoms with van der Waals surface area (Å²) in [6, 6.07) is 12.9. The summed E-state index contributed by atoms with van der Waals surface area (Å²) in [5, 5.41) is 4.15. The van der Waals surface area contributed by atoms with Gasteiger partial charge in [-0.05, 0) is 93.1 Å². The predicted molar refractivity (Wildman–Crippen MR) is 138 cm³/mol. The fourth-order valence-electron chi connectivity index (χ4n) is 4.87. The minimum absolute atomic E-state index is 0.0791. The van der Waals surface area contributed by atoms with Crippen LogP contribution in [0, 0.1) is 5.92 Å². The molecule has 5 nitrogen and oxygen atoms in total. The number of amides is 1. The van der Waals surface area contributed by atoms with Crippen LogP contribution in [0.1, 0.15) is 44.6 Å². The van der Waals surface area contributed by atoms with Crippen LogP contribution < -0.4 is 10.1 Å². The van der Waals surface area contributed by atoms with Crippen LogP contribution >= 0.6 is 23.2 Å². The molecule has 2 heterocycles. The molecule has 0 aliphatic carbocycles. The lowest BCUT2D eigenvalue weighted by atomic mass is 9.73. The van der Waals surface area contributed by atoms with Gasteiger partial charge >= 0.3 is 0 Å². The Kier molecular flexibility index (Phi) is 8.75. The molecule has 4 rings (SSSR count). The first kappa shape index (κ1) is 25.3. The van der Waals surface area contributed by atoms with Gasteiger partial charge in [-0.25, -0.2) is 0 Å². The summed E-state index contributed by atoms with van der Waals surface area (Å²) in [6.45, 7) is 7.53. The van der Waals surface area contributed by atoms with Gasteiger partial charge in [0.05, 0.1) is 12.0 Å². The summed E-state index contributed by atoms with van der Waals surface area (Å²) >= 11 is 12.6. The summed E-state index contributed by atoms with van der Waals surface area (Å²) in [5.74, 6) is 1.59. The number of carbonyl (C=O) groups is 1. The van der Waals surface area contributed by atoms with Crippen LogP contribution in [0.25, 0.3) is 0 Å². The van der Waals surface area contributed by atoms with E-state index in [9.17, 15) is 4.79 Å². The molecular weight excluding hydrogens is 471 g/mol. The number of anilines is 1. The molecule has 1 N–H and O–H groups in total. The molecule has 2 aromatic carbocycles. The number of benzene rings is 2. The highest BCUT2D eigenvalue weighted by molar-refractivity contribution is 6.35. The fourth-order valence-corrected chi connectivity index (χ4v) is 5.45. The van der Waals surface area contributed by atoms with Gasteiger partial charge in [0.2, 0.25) is 5.91 Å². The van der Waals surface area contributed by atoms with Gasteiger partial charge in [-0.3, -0.25) is 4.79 Å². The quantitative estimate of drug-likeness (QED) is 0.436. The van der Waals surface area contributed by atoms with Gasteiger partial charge in [-0.2, -0.15) is 0 Å². The van der Waals surface area contributed by atoms with Crippen LogP contribution in [-0.2, 0) is 14.9 Å². The molecule has 1 amide bonds. The van der Waals surface area contributed by atoms with Crippen molar-refractivity contribution in [3.05, 3.63) is 58.1 Å². The van der Waals surface area contributed by atoms with E-state index in [1.165, 1.54) is 25.9 Å². The first-order chi connectivity index (χ1) is 16.5. The number of hydrogen-bond donors (Lipinski definition) is 1. The molecule has 7 heteroatoms. The number of hydrogen-bond acceptors (Lipinski definition) is 4. The third-order valence-electron chi connectivity index (χ3n) is 7.10. The number of halogens is 2. The van der Waals surface area contributed by atoms with Crippen molar-refractivity contribution in [3.63, 3.8) is 0 Å². The molecule has 0 unspecified atom stereocenters. The summed E-state index contributed by atoms with van der Waals surface area (Å²) in [7, 11) is 0. The van der Waals surface area contributed by atoms with Crippen molar-refractivity contribution in [2.24, 2.45) is 5.92 Å². The molecule has 0 bridgehead atoms. The smallest absolute Gasteiger partial charge is 0.235 e. The average Bonchev–Trinajstić information content (AvgIpc) is 2.84. The van der Waals surface area contributed by atoms with Gasteiger partial charge < -0.3 is 19.7 Å². The summed E-state index contributed by atoms with van der Waals surface area (Å²) in [5.41, 5.74) is 0.777. The largest absolute Gasteiger partial charge is 0.494 e. The molecule has 0 atom stereocenters. The number of nitrogens with zero attached hydrogens (tertiary/aromatic N) is 1. The van der Waals surface area contributed by atoms with E-state index in [1.807, 2.05) is 30.3 Å². The highest BCUT2D eigenvalue weighted by Gasteiger charge is 2.43. The van der Waals surface area contributed by atoms with Gasteiger partial charge in [-0.15, -0.1) is 0 Å². The van der Waals surface area contributed by atoms with Crippen LogP contribution in [0.4, 0.5) is 5.69 Å². The zero-order chi connectivity index (χ0) is 24.0. The van der Waals surface area contributed by atoms with Gasteiger partial charge in [0, 0.05) is 35.5 Å². The molecule has 2 saturated heterocycles. The Bertz CT molecular complexity index is 953. The Hall–Kier alpha value is -1.79. The highest BCUT2D eigenvalue weighted by atomic mass is 35.5. The van der Waals surface area contributed by atoms with Gasteiger partial charge in [0.1, 0.15) is 5.75 Å². The molecular formula is C27H34Cl2N2O3. The summed E-state index contributed by atoms with van der Waals surface area (Å²) < 4.78 is 11.5. The highest BCUT2D eigenvalue weighted by Crippen LogP contribution is 2.40. The standard InChI is InChI=1S/C27H34Cl2N2O3/c1-20-9-14-31(15-10-20)13-2-16-34-23-6-4-22(5-7-23)30-26(32)27(11-17-33-18-12-27)24-8-3-21(28)19-25(24)29/h3-8,19-20H,2,9-18H2,1H3,(H,30,32). The van der Waals surface area contributed by atoms with E-state index < -0.39 is 5.41 Å². The lowest BCUT2D eigenvalue weighted by Gasteiger charge is -2.36. The number of ether oxygens (including phenoxy) is 2. The Morgan fingerprint density at radius 3 is 2.50 bits per heavy atom. The van der Waals surface area contributed by atoms with E-state index in [4.69, 9.17) is 32.7 Å². The molecule has 2 aromatic rings. The van der Waals surface area contributed by atoms with Crippen molar-refractivity contribution < 1.29 is 14.3 Å². The molecule has 34 heavy (non-hydrogen) atoms. The molecule has 2 fully saturated rings. The molecule has 0 saturated carbocycles. The van der Waals surface area contributed by atoms with Crippen molar-refractivity contribution in [3.8, 4) is 5.75 Å². The minimum Gasteiger partial charge on any atom is -0.494 e. The number of nitrogens with one attached hydrogen (secondary N) is 1. The van der Waals surface area contributed by atoms with E-state index in [2.05, 4.69) is 17.1 Å². The molecule has 0 aromatic heterocycles. The van der Waals surface area contributed by atoms with Crippen molar-refractivity contribution in [2.45, 2.75) is 44.4 Å². The third kappa shape index (κ3) is 6.25. The number of rotatable bonds is 8. The minimum atomic E-state index is -0.749. The average molecular weight is 505 g/mol. The van der Waals surface area contributed by atoms with Crippen molar-refractivity contribution in [2.75, 3.05) is 44.8 Å². The maximum absolute atomic E-state index is 13.5. The lowest BCUT2D eigenvalue weighted by Crippen LogP contribution is -2.45. The predicted octanol–water partition coefficient (Wildman–Crippen LogP) is 6.18. The van der Waals surface area contributed by atoms with Crippen molar-refractivity contribution in [1.29, 1.82) is 0 Å². The topological polar surface area (TPSA) is 50.8 Å². The lowest BCUT2D eigenvalue weighted by molar-refractivity contribution is -0.125. The van der Waals surface area contributed by atoms with Crippen LogP contribution in [0.2, 0.25) is 10.0 Å². The van der Waals surface area contributed by atoms with Crippen LogP contribution in [0.3, 0.4) is 0 Å². The first-order valence-electron chi connectivity index (χ1n) is 12.3. The number of likely N-dealkylation sites (tertiary alicyclic amines) is 1. The maximum atomic E-state index is 13.5. The second-order valence-corrected chi connectivity index (χ2v) is 10.4. The van der Waals surface area contributed by atoms with Crippen molar-refractivity contribution in [1.82, 2.24) is 4.90 Å². The monoisotopic (exact) mass is 504 g/mol. The van der Waals surface area contributed by atoms with Gasteiger partial charge in [0.25, 0.3) is 0 Å². The Balaban J connectivity index is 1.33.